The van der Waals surface area contributed by atoms with Crippen molar-refractivity contribution in [2.75, 3.05) is 24.7 Å². The molecule has 1 aromatic rings. The van der Waals surface area contributed by atoms with Gasteiger partial charge in [0.1, 0.15) is 17.4 Å². The number of carbonyl (C=O) groups is 1. The number of nitriles is 1. The van der Waals surface area contributed by atoms with Crippen molar-refractivity contribution in [2.24, 2.45) is 0 Å². The van der Waals surface area contributed by atoms with Crippen LogP contribution in [-0.4, -0.2) is 49.9 Å². The Morgan fingerprint density at radius 3 is 2.72 bits per heavy atom. The molecule has 7 nitrogen and oxygen atoms in total. The molecule has 1 amide bonds. The van der Waals surface area contributed by atoms with E-state index in [2.05, 4.69) is 5.32 Å². The molecule has 1 heterocycles. The number of hydrogen-bond acceptors (Lipinski definition) is 6. The molecule has 1 aliphatic rings. The van der Waals surface area contributed by atoms with E-state index in [1.54, 1.807) is 4.90 Å². The molecule has 0 spiro atoms. The standard InChI is InChI=1S/C21H29N3O4S/c1-5-24(18-9-10-29(26,27)14-18)13-17(12-22)21(25)23-16(4)19-11-15(3)7-8-20(19)28-6-2/h7-8,11,13,16,18H,5-6,9-10,14H2,1-4H3,(H,23,25)/b17-13-. The molecule has 0 bridgehead atoms. The van der Waals surface area contributed by atoms with Crippen LogP contribution >= 0.6 is 0 Å². The summed E-state index contributed by atoms with van der Waals surface area (Å²) < 4.78 is 29.2. The number of nitrogens with zero attached hydrogens (tertiary/aromatic N) is 2. The molecule has 0 aliphatic carbocycles. The normalized spacial score (nSPS) is 19.3. The van der Waals surface area contributed by atoms with Crippen LogP contribution < -0.4 is 10.1 Å². The zero-order valence-corrected chi connectivity index (χ0v) is 18.3. The summed E-state index contributed by atoms with van der Waals surface area (Å²) >= 11 is 0. The fraction of sp³-hybridized carbons (Fsp3) is 0.524. The van der Waals surface area contributed by atoms with Crippen molar-refractivity contribution in [3.05, 3.63) is 41.1 Å². The Morgan fingerprint density at radius 2 is 2.17 bits per heavy atom. The molecule has 1 fully saturated rings. The van der Waals surface area contributed by atoms with Gasteiger partial charge in [0.05, 0.1) is 24.2 Å². The number of benzene rings is 1. The first-order valence-electron chi connectivity index (χ1n) is 9.83. The van der Waals surface area contributed by atoms with Gasteiger partial charge in [0.25, 0.3) is 5.91 Å². The van der Waals surface area contributed by atoms with Gasteiger partial charge in [0, 0.05) is 24.4 Å². The molecule has 29 heavy (non-hydrogen) atoms. The molecule has 1 N–H and O–H groups in total. The number of carbonyl (C=O) groups excluding carboxylic acids is 1. The van der Waals surface area contributed by atoms with Gasteiger partial charge in [-0.2, -0.15) is 5.26 Å². The summed E-state index contributed by atoms with van der Waals surface area (Å²) in [5.41, 5.74) is 1.83. The highest BCUT2D eigenvalue weighted by Crippen LogP contribution is 2.27. The van der Waals surface area contributed by atoms with Crippen molar-refractivity contribution in [3.8, 4) is 11.8 Å². The van der Waals surface area contributed by atoms with Crippen molar-refractivity contribution >= 4 is 15.7 Å². The van der Waals surface area contributed by atoms with Gasteiger partial charge in [0.15, 0.2) is 9.84 Å². The van der Waals surface area contributed by atoms with Crippen molar-refractivity contribution in [1.29, 1.82) is 5.26 Å². The van der Waals surface area contributed by atoms with Crippen LogP contribution in [0.3, 0.4) is 0 Å². The first kappa shape index (κ1) is 22.8. The molecule has 0 radical (unpaired) electrons. The molecular formula is C21H29N3O4S. The SMILES string of the molecule is CCOc1ccc(C)cc1C(C)NC(=O)/C(C#N)=C\N(CC)C1CCS(=O)(=O)C1. The second-order valence-electron chi connectivity index (χ2n) is 7.21. The maximum absolute atomic E-state index is 12.7. The van der Waals surface area contributed by atoms with Crippen LogP contribution in [0.5, 0.6) is 5.75 Å². The number of amides is 1. The van der Waals surface area contributed by atoms with E-state index in [4.69, 9.17) is 4.74 Å². The molecule has 2 unspecified atom stereocenters. The van der Waals surface area contributed by atoms with E-state index in [1.165, 1.54) is 6.20 Å². The average molecular weight is 420 g/mol. The fourth-order valence-corrected chi connectivity index (χ4v) is 5.18. The van der Waals surface area contributed by atoms with Gasteiger partial charge < -0.3 is 15.0 Å². The Labute approximate surface area is 173 Å². The number of ether oxygens (including phenoxy) is 1. The maximum atomic E-state index is 12.7. The lowest BCUT2D eigenvalue weighted by Crippen LogP contribution is -2.34. The second-order valence-corrected chi connectivity index (χ2v) is 9.44. The number of nitrogens with one attached hydrogen (secondary N) is 1. The van der Waals surface area contributed by atoms with Crippen molar-refractivity contribution in [1.82, 2.24) is 10.2 Å². The topological polar surface area (TPSA) is 99.5 Å². The molecule has 0 aromatic heterocycles. The first-order chi connectivity index (χ1) is 13.7. The highest BCUT2D eigenvalue weighted by molar-refractivity contribution is 7.91. The lowest BCUT2D eigenvalue weighted by Gasteiger charge is -2.25. The van der Waals surface area contributed by atoms with Crippen LogP contribution in [0.25, 0.3) is 0 Å². The first-order valence-corrected chi connectivity index (χ1v) is 11.6. The molecule has 2 atom stereocenters. The lowest BCUT2D eigenvalue weighted by molar-refractivity contribution is -0.117. The van der Waals surface area contributed by atoms with E-state index in [0.717, 1.165) is 11.1 Å². The van der Waals surface area contributed by atoms with Gasteiger partial charge in [-0.05, 0) is 40.2 Å². The monoisotopic (exact) mass is 419 g/mol. The minimum Gasteiger partial charge on any atom is -0.494 e. The van der Waals surface area contributed by atoms with E-state index >= 15 is 0 Å². The average Bonchev–Trinajstić information content (AvgIpc) is 3.03. The number of rotatable bonds is 8. The smallest absolute Gasteiger partial charge is 0.263 e. The van der Waals surface area contributed by atoms with Crippen molar-refractivity contribution in [2.45, 2.75) is 46.2 Å². The van der Waals surface area contributed by atoms with E-state index in [9.17, 15) is 18.5 Å². The predicted molar refractivity (Wildman–Crippen MR) is 112 cm³/mol. The summed E-state index contributed by atoms with van der Waals surface area (Å²) in [6.07, 6.45) is 1.98. The van der Waals surface area contributed by atoms with Crippen molar-refractivity contribution in [3.63, 3.8) is 0 Å². The van der Waals surface area contributed by atoms with Gasteiger partial charge in [-0.1, -0.05) is 17.7 Å². The Balaban J connectivity index is 2.18. The number of sulfone groups is 1. The number of hydrogen-bond donors (Lipinski definition) is 1. The molecule has 0 saturated carbocycles. The van der Waals surface area contributed by atoms with Crippen LogP contribution in [0.2, 0.25) is 0 Å². The van der Waals surface area contributed by atoms with Crippen LogP contribution in [0, 0.1) is 18.3 Å². The van der Waals surface area contributed by atoms with Crippen LogP contribution in [0.15, 0.2) is 30.0 Å². The lowest BCUT2D eigenvalue weighted by atomic mass is 10.0. The van der Waals surface area contributed by atoms with Gasteiger partial charge in [0.2, 0.25) is 0 Å². The van der Waals surface area contributed by atoms with Gasteiger partial charge >= 0.3 is 0 Å². The quantitative estimate of drug-likeness (QED) is 0.513. The summed E-state index contributed by atoms with van der Waals surface area (Å²) in [6.45, 7) is 8.59. The third-order valence-electron chi connectivity index (χ3n) is 4.98. The van der Waals surface area contributed by atoms with Crippen molar-refractivity contribution < 1.29 is 17.9 Å². The third-order valence-corrected chi connectivity index (χ3v) is 6.73. The molecule has 1 saturated heterocycles. The molecule has 8 heteroatoms. The van der Waals surface area contributed by atoms with Crippen LogP contribution in [-0.2, 0) is 14.6 Å². The summed E-state index contributed by atoms with van der Waals surface area (Å²) in [7, 11) is -3.05. The Morgan fingerprint density at radius 1 is 1.45 bits per heavy atom. The van der Waals surface area contributed by atoms with E-state index in [0.29, 0.717) is 25.3 Å². The molecule has 1 aromatic carbocycles. The minimum absolute atomic E-state index is 0.0476. The third kappa shape index (κ3) is 5.97. The minimum atomic E-state index is -3.05. The fourth-order valence-electron chi connectivity index (χ4n) is 3.44. The molecular weight excluding hydrogens is 390 g/mol. The summed E-state index contributed by atoms with van der Waals surface area (Å²) in [5.74, 6) is 0.387. The van der Waals surface area contributed by atoms with Gasteiger partial charge in [-0.25, -0.2) is 8.42 Å². The summed E-state index contributed by atoms with van der Waals surface area (Å²) in [6, 6.07) is 7.15. The van der Waals surface area contributed by atoms with Crippen LogP contribution in [0.4, 0.5) is 0 Å². The van der Waals surface area contributed by atoms with Gasteiger partial charge in [-0.3, -0.25) is 4.79 Å². The zero-order valence-electron chi connectivity index (χ0n) is 17.4. The summed E-state index contributed by atoms with van der Waals surface area (Å²) in [5, 5.41) is 12.4. The predicted octanol–water partition coefficient (Wildman–Crippen LogP) is 2.49. The highest BCUT2D eigenvalue weighted by atomic mass is 32.2. The highest BCUT2D eigenvalue weighted by Gasteiger charge is 2.31. The van der Waals surface area contributed by atoms with E-state index in [1.807, 2.05) is 52.0 Å². The molecule has 2 rings (SSSR count). The molecule has 158 valence electrons. The maximum Gasteiger partial charge on any atom is 0.263 e. The van der Waals surface area contributed by atoms with Gasteiger partial charge in [-0.15, -0.1) is 0 Å². The second kappa shape index (κ2) is 9.79. The Hall–Kier alpha value is -2.53. The molecule has 1 aliphatic heterocycles. The van der Waals surface area contributed by atoms with E-state index < -0.39 is 15.7 Å². The number of aryl methyl sites for hydroxylation is 1. The Bertz CT molecular complexity index is 918. The summed E-state index contributed by atoms with van der Waals surface area (Å²) in [4.78, 5) is 14.5. The largest absolute Gasteiger partial charge is 0.494 e. The Kier molecular flexibility index (Phi) is 7.68. The van der Waals surface area contributed by atoms with E-state index in [-0.39, 0.29) is 29.2 Å². The zero-order chi connectivity index (χ0) is 21.6. The van der Waals surface area contributed by atoms with Crippen LogP contribution in [0.1, 0.15) is 44.4 Å².